The van der Waals surface area contributed by atoms with Crippen LogP contribution in [-0.2, 0) is 5.41 Å². The minimum Gasteiger partial charge on any atom is -0.409 e. The van der Waals surface area contributed by atoms with E-state index in [2.05, 4.69) is 57.1 Å². The van der Waals surface area contributed by atoms with Crippen LogP contribution in [0, 0.1) is 0 Å². The van der Waals surface area contributed by atoms with E-state index < -0.39 is 0 Å². The molecule has 1 rings (SSSR count). The minimum atomic E-state index is 0.183. The van der Waals surface area contributed by atoms with E-state index in [9.17, 15) is 0 Å². The maximum atomic E-state index is 8.53. The van der Waals surface area contributed by atoms with Crippen LogP contribution in [0.25, 0.3) is 0 Å². The summed E-state index contributed by atoms with van der Waals surface area (Å²) in [6, 6.07) is 8.60. The summed E-state index contributed by atoms with van der Waals surface area (Å²) in [7, 11) is 0. The summed E-state index contributed by atoms with van der Waals surface area (Å²) in [5, 5.41) is 11.8. The molecule has 3 N–H and O–H groups in total. The van der Waals surface area contributed by atoms with Crippen LogP contribution < -0.4 is 5.73 Å². The topological polar surface area (TPSA) is 58.6 Å². The van der Waals surface area contributed by atoms with Crippen LogP contribution >= 0.6 is 11.8 Å². The number of nitrogens with zero attached hydrogens (tertiary/aromatic N) is 1. The van der Waals surface area contributed by atoms with E-state index in [1.807, 2.05) is 0 Å². The normalized spacial score (nSPS) is 14.6. The van der Waals surface area contributed by atoms with Gasteiger partial charge in [-0.15, -0.1) is 11.8 Å². The van der Waals surface area contributed by atoms with E-state index in [-0.39, 0.29) is 11.3 Å². The van der Waals surface area contributed by atoms with Gasteiger partial charge in [0.15, 0.2) is 0 Å². The van der Waals surface area contributed by atoms with E-state index in [1.165, 1.54) is 10.5 Å². The molecule has 100 valence electrons. The van der Waals surface area contributed by atoms with E-state index in [1.54, 1.807) is 11.8 Å². The maximum absolute atomic E-state index is 8.53. The van der Waals surface area contributed by atoms with Gasteiger partial charge in [-0.05, 0) is 23.1 Å². The lowest BCUT2D eigenvalue weighted by Gasteiger charge is -2.19. The number of benzene rings is 1. The van der Waals surface area contributed by atoms with E-state index in [0.29, 0.717) is 11.7 Å². The van der Waals surface area contributed by atoms with Crippen molar-refractivity contribution in [3.8, 4) is 0 Å². The number of oxime groups is 1. The highest BCUT2D eigenvalue weighted by Gasteiger charge is 2.13. The van der Waals surface area contributed by atoms with Crippen LogP contribution in [-0.4, -0.2) is 16.3 Å². The first-order valence-corrected chi connectivity index (χ1v) is 6.94. The second-order valence-corrected chi connectivity index (χ2v) is 7.01. The summed E-state index contributed by atoms with van der Waals surface area (Å²) in [6.07, 6.45) is 0.586. The second kappa shape index (κ2) is 6.14. The van der Waals surface area contributed by atoms with Crippen molar-refractivity contribution < 1.29 is 5.21 Å². The van der Waals surface area contributed by atoms with Crippen molar-refractivity contribution in [2.24, 2.45) is 10.9 Å². The molecule has 1 aromatic rings. The summed E-state index contributed by atoms with van der Waals surface area (Å²) in [5.74, 6) is 0.279. The Morgan fingerprint density at radius 3 is 2.33 bits per heavy atom. The van der Waals surface area contributed by atoms with Crippen LogP contribution in [0.4, 0.5) is 0 Å². The predicted molar refractivity (Wildman–Crippen MR) is 78.5 cm³/mol. The van der Waals surface area contributed by atoms with Gasteiger partial charge < -0.3 is 10.9 Å². The van der Waals surface area contributed by atoms with Crippen molar-refractivity contribution in [1.29, 1.82) is 0 Å². The Kier molecular flexibility index (Phi) is 5.08. The zero-order chi connectivity index (χ0) is 13.8. The number of hydrogen-bond acceptors (Lipinski definition) is 3. The third-order valence-corrected chi connectivity index (χ3v) is 3.80. The Labute approximate surface area is 113 Å². The molecule has 0 saturated carbocycles. The molecule has 0 radical (unpaired) electrons. The molecule has 0 amide bonds. The van der Waals surface area contributed by atoms with Crippen LogP contribution in [0.1, 0.15) is 39.7 Å². The van der Waals surface area contributed by atoms with Crippen molar-refractivity contribution >= 4 is 17.6 Å². The maximum Gasteiger partial charge on any atom is 0.140 e. The van der Waals surface area contributed by atoms with E-state index in [0.717, 1.165) is 0 Å². The molecule has 0 saturated heterocycles. The Hall–Kier alpha value is -1.16. The summed E-state index contributed by atoms with van der Waals surface area (Å²) in [5.41, 5.74) is 7.01. The first-order valence-electron chi connectivity index (χ1n) is 6.06. The van der Waals surface area contributed by atoms with Crippen LogP contribution in [0.2, 0.25) is 0 Å². The fraction of sp³-hybridized carbons (Fsp3) is 0.500. The molecule has 3 nitrogen and oxygen atoms in total. The highest BCUT2D eigenvalue weighted by molar-refractivity contribution is 8.00. The predicted octanol–water partition coefficient (Wildman–Crippen LogP) is 3.60. The van der Waals surface area contributed by atoms with Gasteiger partial charge in [0.2, 0.25) is 0 Å². The number of hydrogen-bond donors (Lipinski definition) is 2. The molecule has 0 fully saturated rings. The van der Waals surface area contributed by atoms with Gasteiger partial charge in [0.1, 0.15) is 5.84 Å². The molecule has 1 atom stereocenters. The van der Waals surface area contributed by atoms with Gasteiger partial charge >= 0.3 is 0 Å². The standard InChI is InChI=1S/C14H22N2OS/c1-10(9-13(15)16-17)18-12-7-5-11(6-8-12)14(2,3)4/h5-8,10,17H,9H2,1-4H3,(H2,15,16). The SMILES string of the molecule is CC(CC(N)=NO)Sc1ccc(C(C)(C)C)cc1. The molecule has 0 heterocycles. The van der Waals surface area contributed by atoms with Crippen LogP contribution in [0.5, 0.6) is 0 Å². The Balaban J connectivity index is 2.64. The highest BCUT2D eigenvalue weighted by Crippen LogP contribution is 2.28. The molecular weight excluding hydrogens is 244 g/mol. The Morgan fingerprint density at radius 2 is 1.89 bits per heavy atom. The largest absolute Gasteiger partial charge is 0.409 e. The molecule has 18 heavy (non-hydrogen) atoms. The summed E-state index contributed by atoms with van der Waals surface area (Å²) < 4.78 is 0. The van der Waals surface area contributed by atoms with Crippen molar-refractivity contribution in [3.05, 3.63) is 29.8 Å². The number of amidine groups is 1. The number of thioether (sulfide) groups is 1. The Bertz CT molecular complexity index is 407. The van der Waals surface area contributed by atoms with Gasteiger partial charge in [-0.1, -0.05) is 45.0 Å². The molecule has 0 aliphatic heterocycles. The molecule has 0 aromatic heterocycles. The summed E-state index contributed by atoms with van der Waals surface area (Å²) in [6.45, 7) is 8.68. The summed E-state index contributed by atoms with van der Waals surface area (Å²) in [4.78, 5) is 1.21. The first-order chi connectivity index (χ1) is 8.32. The molecule has 0 aliphatic rings. The minimum absolute atomic E-state index is 0.183. The lowest BCUT2D eigenvalue weighted by molar-refractivity contribution is 0.317. The Morgan fingerprint density at radius 1 is 1.33 bits per heavy atom. The monoisotopic (exact) mass is 266 g/mol. The van der Waals surface area contributed by atoms with Crippen molar-refractivity contribution in [1.82, 2.24) is 0 Å². The van der Waals surface area contributed by atoms with Gasteiger partial charge in [-0.3, -0.25) is 0 Å². The molecular formula is C14H22N2OS. The fourth-order valence-electron chi connectivity index (χ4n) is 1.64. The quantitative estimate of drug-likeness (QED) is 0.288. The molecule has 0 spiro atoms. The van der Waals surface area contributed by atoms with Crippen molar-refractivity contribution in [3.63, 3.8) is 0 Å². The lowest BCUT2D eigenvalue weighted by Crippen LogP contribution is -2.16. The lowest BCUT2D eigenvalue weighted by atomic mass is 9.87. The van der Waals surface area contributed by atoms with Crippen molar-refractivity contribution in [2.75, 3.05) is 0 Å². The number of nitrogens with two attached hydrogens (primary N) is 1. The second-order valence-electron chi connectivity index (χ2n) is 5.50. The van der Waals surface area contributed by atoms with Gasteiger partial charge in [0.25, 0.3) is 0 Å². The average molecular weight is 266 g/mol. The number of rotatable bonds is 4. The molecule has 1 aromatic carbocycles. The van der Waals surface area contributed by atoms with Gasteiger partial charge in [0.05, 0.1) is 0 Å². The van der Waals surface area contributed by atoms with Crippen LogP contribution in [0.3, 0.4) is 0 Å². The summed E-state index contributed by atoms with van der Waals surface area (Å²) >= 11 is 1.73. The van der Waals surface area contributed by atoms with Crippen LogP contribution in [0.15, 0.2) is 34.3 Å². The molecule has 0 bridgehead atoms. The molecule has 0 aliphatic carbocycles. The smallest absolute Gasteiger partial charge is 0.140 e. The van der Waals surface area contributed by atoms with Gasteiger partial charge in [-0.25, -0.2) is 0 Å². The van der Waals surface area contributed by atoms with Gasteiger partial charge in [-0.2, -0.15) is 0 Å². The molecule has 4 heteroatoms. The highest BCUT2D eigenvalue weighted by atomic mass is 32.2. The third-order valence-electron chi connectivity index (χ3n) is 2.68. The molecule has 1 unspecified atom stereocenters. The first kappa shape index (κ1) is 14.9. The average Bonchev–Trinajstić information content (AvgIpc) is 2.28. The van der Waals surface area contributed by atoms with Crippen molar-refractivity contribution in [2.45, 2.75) is 49.7 Å². The van der Waals surface area contributed by atoms with Gasteiger partial charge in [0, 0.05) is 16.6 Å². The van der Waals surface area contributed by atoms with E-state index in [4.69, 9.17) is 10.9 Å². The zero-order valence-electron chi connectivity index (χ0n) is 11.5. The zero-order valence-corrected chi connectivity index (χ0v) is 12.3. The fourth-order valence-corrected chi connectivity index (χ4v) is 2.65. The van der Waals surface area contributed by atoms with E-state index >= 15 is 0 Å². The third kappa shape index (κ3) is 4.61.